The van der Waals surface area contributed by atoms with Gasteiger partial charge in [0.1, 0.15) is 11.4 Å². The van der Waals surface area contributed by atoms with Crippen LogP contribution < -0.4 is 10.1 Å². The highest BCUT2D eigenvalue weighted by Gasteiger charge is 2.43. The molecule has 0 radical (unpaired) electrons. The number of carbonyl (C=O) groups is 2. The average Bonchev–Trinajstić information content (AvgIpc) is 2.65. The number of hydrogen-bond donors (Lipinski definition) is 1. The van der Waals surface area contributed by atoms with Crippen LogP contribution >= 0.6 is 27.5 Å². The van der Waals surface area contributed by atoms with Crippen molar-refractivity contribution in [2.24, 2.45) is 0 Å². The molecule has 1 saturated heterocycles. The Morgan fingerprint density at radius 2 is 1.85 bits per heavy atom. The summed E-state index contributed by atoms with van der Waals surface area (Å²) >= 11 is 9.26. The minimum absolute atomic E-state index is 0.0941. The van der Waals surface area contributed by atoms with E-state index in [9.17, 15) is 9.59 Å². The maximum atomic E-state index is 12.6. The molecule has 2 aromatic carbocycles. The van der Waals surface area contributed by atoms with Crippen molar-refractivity contribution < 1.29 is 14.3 Å². The highest BCUT2D eigenvalue weighted by Crippen LogP contribution is 2.40. The van der Waals surface area contributed by atoms with E-state index in [0.717, 1.165) is 4.47 Å². The molecule has 4 rings (SSSR count). The second kappa shape index (κ2) is 7.17. The quantitative estimate of drug-likeness (QED) is 0.656. The van der Waals surface area contributed by atoms with Gasteiger partial charge in [0.15, 0.2) is 5.78 Å². The van der Waals surface area contributed by atoms with Gasteiger partial charge in [-0.1, -0.05) is 27.5 Å². The first-order chi connectivity index (χ1) is 12.9. The summed E-state index contributed by atoms with van der Waals surface area (Å²) in [6.07, 6.45) is 1.60. The number of amides is 2. The van der Waals surface area contributed by atoms with Gasteiger partial charge in [-0.2, -0.15) is 0 Å². The number of likely N-dealkylation sites (tertiary alicyclic amines) is 1. The summed E-state index contributed by atoms with van der Waals surface area (Å²) in [6.45, 7) is 1.08. The Hall–Kier alpha value is -2.05. The zero-order valence-corrected chi connectivity index (χ0v) is 16.8. The normalized spacial score (nSPS) is 18.0. The number of ketones is 1. The Bertz CT molecular complexity index is 893. The van der Waals surface area contributed by atoms with Gasteiger partial charge >= 0.3 is 6.03 Å². The summed E-state index contributed by atoms with van der Waals surface area (Å²) in [7, 11) is 0. The van der Waals surface area contributed by atoms with Crippen molar-refractivity contribution in [2.75, 3.05) is 18.4 Å². The fourth-order valence-electron chi connectivity index (χ4n) is 3.60. The van der Waals surface area contributed by atoms with Crippen LogP contribution in [-0.2, 0) is 0 Å². The number of Topliss-reactive ketones (excluding diaryl/α,β-unsaturated/α-hetero) is 1. The Morgan fingerprint density at radius 1 is 1.15 bits per heavy atom. The van der Waals surface area contributed by atoms with Gasteiger partial charge in [0.25, 0.3) is 0 Å². The van der Waals surface area contributed by atoms with E-state index in [1.54, 1.807) is 35.2 Å². The molecule has 1 N–H and O–H groups in total. The van der Waals surface area contributed by atoms with Gasteiger partial charge in [-0.15, -0.1) is 0 Å². The number of urea groups is 1. The van der Waals surface area contributed by atoms with E-state index >= 15 is 0 Å². The lowest BCUT2D eigenvalue weighted by atomic mass is 9.82. The van der Waals surface area contributed by atoms with Crippen molar-refractivity contribution in [3.05, 3.63) is 57.5 Å². The summed E-state index contributed by atoms with van der Waals surface area (Å²) in [6, 6.07) is 12.4. The van der Waals surface area contributed by atoms with Crippen LogP contribution in [0, 0.1) is 0 Å². The molecule has 2 aliphatic rings. The molecule has 0 unspecified atom stereocenters. The number of fused-ring (bicyclic) bond motifs is 1. The van der Waals surface area contributed by atoms with Crippen LogP contribution in [0.1, 0.15) is 29.6 Å². The second-order valence-corrected chi connectivity index (χ2v) is 8.30. The lowest BCUT2D eigenvalue weighted by Gasteiger charge is -2.43. The number of halogens is 2. The lowest BCUT2D eigenvalue weighted by molar-refractivity contribution is 0.000370. The van der Waals surface area contributed by atoms with E-state index < -0.39 is 5.60 Å². The van der Waals surface area contributed by atoms with E-state index in [0.29, 0.717) is 54.4 Å². The van der Waals surface area contributed by atoms with Crippen LogP contribution in [0.2, 0.25) is 5.02 Å². The topological polar surface area (TPSA) is 58.6 Å². The largest absolute Gasteiger partial charge is 0.486 e. The first-order valence-corrected chi connectivity index (χ1v) is 9.95. The summed E-state index contributed by atoms with van der Waals surface area (Å²) in [5, 5.41) is 3.50. The van der Waals surface area contributed by atoms with E-state index in [2.05, 4.69) is 21.2 Å². The molecule has 7 heteroatoms. The molecule has 0 bridgehead atoms. The van der Waals surface area contributed by atoms with E-state index in [-0.39, 0.29) is 11.8 Å². The van der Waals surface area contributed by atoms with E-state index in [4.69, 9.17) is 16.3 Å². The predicted molar refractivity (Wildman–Crippen MR) is 108 cm³/mol. The van der Waals surface area contributed by atoms with Gasteiger partial charge in [-0.25, -0.2) is 4.79 Å². The van der Waals surface area contributed by atoms with Crippen molar-refractivity contribution >= 4 is 45.0 Å². The maximum absolute atomic E-state index is 12.6. The Labute approximate surface area is 170 Å². The van der Waals surface area contributed by atoms with Gasteiger partial charge in [0.2, 0.25) is 0 Å². The highest BCUT2D eigenvalue weighted by atomic mass is 79.9. The molecule has 5 nitrogen and oxygen atoms in total. The molecule has 0 saturated carbocycles. The van der Waals surface area contributed by atoms with Crippen LogP contribution in [0.4, 0.5) is 10.5 Å². The van der Waals surface area contributed by atoms with Gasteiger partial charge in [0.05, 0.1) is 12.0 Å². The summed E-state index contributed by atoms with van der Waals surface area (Å²) in [4.78, 5) is 26.8. The molecule has 2 heterocycles. The van der Waals surface area contributed by atoms with Crippen molar-refractivity contribution in [1.29, 1.82) is 0 Å². The van der Waals surface area contributed by atoms with Crippen molar-refractivity contribution in [2.45, 2.75) is 24.9 Å². The van der Waals surface area contributed by atoms with Crippen LogP contribution in [0.25, 0.3) is 0 Å². The summed E-state index contributed by atoms with van der Waals surface area (Å²) in [5.74, 6) is 0.727. The Morgan fingerprint density at radius 3 is 2.56 bits per heavy atom. The minimum Gasteiger partial charge on any atom is -0.486 e. The highest BCUT2D eigenvalue weighted by molar-refractivity contribution is 9.10. The molecule has 0 atom stereocenters. The fourth-order valence-corrected chi connectivity index (χ4v) is 4.09. The first-order valence-electron chi connectivity index (χ1n) is 8.77. The van der Waals surface area contributed by atoms with Gasteiger partial charge < -0.3 is 15.0 Å². The number of anilines is 1. The van der Waals surface area contributed by atoms with Crippen molar-refractivity contribution in [3.63, 3.8) is 0 Å². The van der Waals surface area contributed by atoms with Crippen LogP contribution in [0.5, 0.6) is 5.75 Å². The standard InChI is InChI=1S/C20H18BrClN2O3/c21-13-1-6-18-16(11-13)17(25)12-20(27-18)7-9-24(10-8-20)19(26)23-15-4-2-14(22)3-5-15/h1-6,11H,7-10,12H2,(H,23,26). The molecule has 2 amide bonds. The predicted octanol–water partition coefficient (Wildman–Crippen LogP) is 5.13. The SMILES string of the molecule is O=C1CC2(CCN(C(=O)Nc3ccc(Cl)cc3)CC2)Oc2ccc(Br)cc21. The molecule has 0 aliphatic carbocycles. The average molecular weight is 450 g/mol. The third-order valence-electron chi connectivity index (χ3n) is 5.11. The molecular formula is C20H18BrClN2O3. The first kappa shape index (κ1) is 18.3. The molecule has 1 spiro atoms. The van der Waals surface area contributed by atoms with Crippen LogP contribution in [0.15, 0.2) is 46.9 Å². The number of piperidine rings is 1. The molecular weight excluding hydrogens is 432 g/mol. The molecule has 2 aliphatic heterocycles. The molecule has 1 fully saturated rings. The van der Waals surface area contributed by atoms with Crippen LogP contribution in [0.3, 0.4) is 0 Å². The third kappa shape index (κ3) is 3.82. The molecule has 27 heavy (non-hydrogen) atoms. The zero-order chi connectivity index (χ0) is 19.0. The molecule has 140 valence electrons. The number of carbonyl (C=O) groups excluding carboxylic acids is 2. The number of hydrogen-bond acceptors (Lipinski definition) is 3. The van der Waals surface area contributed by atoms with Crippen molar-refractivity contribution in [3.8, 4) is 5.75 Å². The number of benzene rings is 2. The smallest absolute Gasteiger partial charge is 0.321 e. The summed E-state index contributed by atoms with van der Waals surface area (Å²) < 4.78 is 7.09. The fraction of sp³-hybridized carbons (Fsp3) is 0.300. The number of nitrogens with zero attached hydrogens (tertiary/aromatic N) is 1. The van der Waals surface area contributed by atoms with E-state index in [1.807, 2.05) is 12.1 Å². The zero-order valence-electron chi connectivity index (χ0n) is 14.5. The number of rotatable bonds is 1. The maximum Gasteiger partial charge on any atom is 0.321 e. The van der Waals surface area contributed by atoms with Gasteiger partial charge in [-0.3, -0.25) is 4.79 Å². The van der Waals surface area contributed by atoms with Crippen molar-refractivity contribution in [1.82, 2.24) is 4.90 Å². The van der Waals surface area contributed by atoms with Gasteiger partial charge in [-0.05, 0) is 42.5 Å². The van der Waals surface area contributed by atoms with Gasteiger partial charge in [0, 0.05) is 41.1 Å². The lowest BCUT2D eigenvalue weighted by Crippen LogP contribution is -2.53. The number of ether oxygens (including phenoxy) is 1. The number of nitrogens with one attached hydrogen (secondary N) is 1. The molecule has 0 aromatic heterocycles. The van der Waals surface area contributed by atoms with E-state index in [1.165, 1.54) is 0 Å². The minimum atomic E-state index is -0.519. The Kier molecular flexibility index (Phi) is 4.86. The second-order valence-electron chi connectivity index (χ2n) is 6.95. The summed E-state index contributed by atoms with van der Waals surface area (Å²) in [5.41, 5.74) is 0.806. The van der Waals surface area contributed by atoms with Crippen LogP contribution in [-0.4, -0.2) is 35.4 Å². The molecule has 2 aromatic rings. The Balaban J connectivity index is 1.41. The third-order valence-corrected chi connectivity index (χ3v) is 5.85. The monoisotopic (exact) mass is 448 g/mol.